The molecule has 12 heteroatoms. The fourth-order valence-corrected chi connectivity index (χ4v) is 11.4. The van der Waals surface area contributed by atoms with Crippen molar-refractivity contribution in [1.29, 1.82) is 0 Å². The monoisotopic (exact) mass is 724 g/mol. The number of rotatable bonds is 8. The van der Waals surface area contributed by atoms with Gasteiger partial charge < -0.3 is 59.8 Å². The van der Waals surface area contributed by atoms with Gasteiger partial charge in [-0.05, 0) is 101 Å². The maximum atomic E-state index is 11.6. The smallest absolute Gasteiger partial charge is 0.186 e. The van der Waals surface area contributed by atoms with Crippen molar-refractivity contribution in [3.05, 3.63) is 23.3 Å². The van der Waals surface area contributed by atoms with E-state index < -0.39 is 91.2 Å². The molecule has 2 aliphatic heterocycles. The Labute approximate surface area is 302 Å². The Morgan fingerprint density at radius 3 is 2.04 bits per heavy atom. The van der Waals surface area contributed by atoms with Gasteiger partial charge in [0.05, 0.1) is 36.6 Å². The zero-order valence-corrected chi connectivity index (χ0v) is 31.3. The molecule has 12 nitrogen and oxygen atoms in total. The van der Waals surface area contributed by atoms with Gasteiger partial charge >= 0.3 is 0 Å². The summed E-state index contributed by atoms with van der Waals surface area (Å²) in [6.07, 6.45) is -5.35. The molecule has 4 aliphatic carbocycles. The van der Waals surface area contributed by atoms with E-state index in [0.717, 1.165) is 30.4 Å². The third kappa shape index (κ3) is 6.93. The molecule has 0 unspecified atom stereocenters. The Balaban J connectivity index is 1.31. The van der Waals surface area contributed by atoms with Gasteiger partial charge in [-0.15, -0.1) is 0 Å². The molecule has 21 atom stereocenters. The van der Waals surface area contributed by atoms with Crippen molar-refractivity contribution in [2.24, 2.45) is 40.4 Å². The molecule has 0 bridgehead atoms. The highest BCUT2D eigenvalue weighted by atomic mass is 16.7. The lowest BCUT2D eigenvalue weighted by atomic mass is 9.46. The van der Waals surface area contributed by atoms with Gasteiger partial charge in [-0.25, -0.2) is 0 Å². The topological polar surface area (TPSA) is 199 Å². The van der Waals surface area contributed by atoms with Gasteiger partial charge in [0, 0.05) is 11.8 Å². The number of aliphatic hydroxyl groups is 8. The van der Waals surface area contributed by atoms with Gasteiger partial charge in [-0.1, -0.05) is 44.1 Å². The number of aliphatic hydroxyl groups excluding tert-OH is 8. The van der Waals surface area contributed by atoms with Crippen LogP contribution in [0.3, 0.4) is 0 Å². The minimum absolute atomic E-state index is 0.0993. The van der Waals surface area contributed by atoms with Crippen molar-refractivity contribution in [1.82, 2.24) is 0 Å². The highest BCUT2D eigenvalue weighted by Crippen LogP contribution is 2.68. The van der Waals surface area contributed by atoms with E-state index in [1.165, 1.54) is 0 Å². The van der Waals surface area contributed by atoms with E-state index in [4.69, 9.17) is 18.9 Å². The van der Waals surface area contributed by atoms with Crippen LogP contribution in [-0.2, 0) is 18.9 Å². The summed E-state index contributed by atoms with van der Waals surface area (Å²) in [4.78, 5) is 0. The summed E-state index contributed by atoms with van der Waals surface area (Å²) in [5.41, 5.74) is 1.51. The number of allylic oxidation sites excluding steroid dienone is 2. The number of hydrogen-bond acceptors (Lipinski definition) is 12. The molecule has 0 aromatic rings. The van der Waals surface area contributed by atoms with Crippen molar-refractivity contribution in [3.8, 4) is 0 Å². The third-order valence-electron chi connectivity index (χ3n) is 14.4. The molecule has 2 heterocycles. The first kappa shape index (κ1) is 39.7. The van der Waals surface area contributed by atoms with Crippen molar-refractivity contribution in [2.45, 2.75) is 179 Å². The number of fused-ring (bicyclic) bond motifs is 5. The second kappa shape index (κ2) is 14.9. The largest absolute Gasteiger partial charge is 0.393 e. The van der Waals surface area contributed by atoms with Gasteiger partial charge in [0.2, 0.25) is 0 Å². The lowest BCUT2D eigenvalue weighted by molar-refractivity contribution is -0.318. The summed E-state index contributed by atoms with van der Waals surface area (Å²) in [6, 6.07) is 0. The lowest BCUT2D eigenvalue weighted by Gasteiger charge is -2.60. The summed E-state index contributed by atoms with van der Waals surface area (Å²) < 4.78 is 25.1. The SMILES string of the molecule is CC(C)=CC[C@H](O)[C@@H](C)[C@H]1[C@@H](O[C@H]2O[C@H](C)[C@@H](O)[C@H](O)[C@@H]2O)C[C@H]2[C@@H]3CC=C4C[C@@H](O)C[C@@H](O[C@@H]5O[C@@H](C)[C@H](O)[C@@H](O)[C@H]5O)[C@]4(C)[C@H]3CC[C@]12C. The molecule has 51 heavy (non-hydrogen) atoms. The predicted molar refractivity (Wildman–Crippen MR) is 186 cm³/mol. The third-order valence-corrected chi connectivity index (χ3v) is 14.4. The predicted octanol–water partition coefficient (Wildman–Crippen LogP) is 1.92. The van der Waals surface area contributed by atoms with E-state index >= 15 is 0 Å². The van der Waals surface area contributed by atoms with Gasteiger partial charge in [0.25, 0.3) is 0 Å². The molecule has 292 valence electrons. The molecular formula is C39H64O12. The van der Waals surface area contributed by atoms with Crippen LogP contribution in [0.5, 0.6) is 0 Å². The summed E-state index contributed by atoms with van der Waals surface area (Å²) >= 11 is 0. The molecule has 6 aliphatic rings. The zero-order valence-electron chi connectivity index (χ0n) is 31.3. The van der Waals surface area contributed by atoms with E-state index in [9.17, 15) is 40.9 Å². The Kier molecular flexibility index (Phi) is 11.6. The fourth-order valence-electron chi connectivity index (χ4n) is 11.4. The average molecular weight is 725 g/mol. The summed E-state index contributed by atoms with van der Waals surface area (Å²) in [5.74, 6) is 0.252. The first-order valence-electron chi connectivity index (χ1n) is 19.3. The summed E-state index contributed by atoms with van der Waals surface area (Å²) in [7, 11) is 0. The van der Waals surface area contributed by atoms with Gasteiger partial charge in [-0.3, -0.25) is 0 Å². The molecule has 0 amide bonds. The number of hydrogen-bond donors (Lipinski definition) is 8. The molecule has 5 fully saturated rings. The van der Waals surface area contributed by atoms with Gasteiger partial charge in [-0.2, -0.15) is 0 Å². The molecular weight excluding hydrogens is 660 g/mol. The fraction of sp³-hybridized carbons (Fsp3) is 0.897. The maximum Gasteiger partial charge on any atom is 0.186 e. The van der Waals surface area contributed by atoms with E-state index in [2.05, 4.69) is 32.9 Å². The summed E-state index contributed by atoms with van der Waals surface area (Å²) in [6.45, 7) is 13.9. The Morgan fingerprint density at radius 1 is 0.863 bits per heavy atom. The molecule has 6 rings (SSSR count). The second-order valence-electron chi connectivity index (χ2n) is 17.6. The minimum atomic E-state index is -1.45. The van der Waals surface area contributed by atoms with Crippen molar-refractivity contribution < 1.29 is 59.8 Å². The molecule has 8 N–H and O–H groups in total. The molecule has 0 aromatic carbocycles. The summed E-state index contributed by atoms with van der Waals surface area (Å²) in [5, 5.41) is 86.3. The first-order valence-corrected chi connectivity index (χ1v) is 19.3. The van der Waals surface area contributed by atoms with E-state index in [1.807, 2.05) is 13.8 Å². The van der Waals surface area contributed by atoms with Crippen molar-refractivity contribution >= 4 is 0 Å². The second-order valence-corrected chi connectivity index (χ2v) is 17.6. The molecule has 3 saturated carbocycles. The minimum Gasteiger partial charge on any atom is -0.393 e. The molecule has 0 spiro atoms. The van der Waals surface area contributed by atoms with E-state index in [1.54, 1.807) is 13.8 Å². The first-order chi connectivity index (χ1) is 23.9. The van der Waals surface area contributed by atoms with E-state index in [0.29, 0.717) is 25.7 Å². The van der Waals surface area contributed by atoms with Gasteiger partial charge in [0.15, 0.2) is 12.6 Å². The zero-order chi connectivity index (χ0) is 37.3. The molecule has 0 radical (unpaired) electrons. The van der Waals surface area contributed by atoms with Crippen LogP contribution in [0.1, 0.15) is 93.4 Å². The Hall–Kier alpha value is -1.00. The van der Waals surface area contributed by atoms with Crippen LogP contribution in [0.15, 0.2) is 23.3 Å². The van der Waals surface area contributed by atoms with Crippen LogP contribution in [0.2, 0.25) is 0 Å². The van der Waals surface area contributed by atoms with Crippen LogP contribution in [0.4, 0.5) is 0 Å². The maximum absolute atomic E-state index is 11.6. The van der Waals surface area contributed by atoms with Crippen LogP contribution in [0, 0.1) is 40.4 Å². The van der Waals surface area contributed by atoms with Crippen LogP contribution in [-0.4, -0.2) is 127 Å². The van der Waals surface area contributed by atoms with E-state index in [-0.39, 0.29) is 35.0 Å². The van der Waals surface area contributed by atoms with Crippen LogP contribution in [0.25, 0.3) is 0 Å². The lowest BCUT2D eigenvalue weighted by Crippen LogP contribution is -2.61. The Morgan fingerprint density at radius 2 is 1.45 bits per heavy atom. The standard InChI is InChI=1S/C39H64O12/c1-17(2)8-11-26(41)18(3)29-27(50-36-34(46)32(44)30(42)19(4)48-36)16-25-23-10-9-21-14-22(40)15-28(39(21,7)24(23)12-13-38(25,29)6)51-37-35(47)33(45)31(43)20(5)49-37/h8-9,18-20,22-37,40-47H,10-16H2,1-7H3/t18-,19-,20+,22-,23-,24+,25+,26+,27+,28-,29+,30-,31+,32+,33-,34+,35-,36-,37+,38+,39+/m1/s1. The highest BCUT2D eigenvalue weighted by molar-refractivity contribution is 5.28. The highest BCUT2D eigenvalue weighted by Gasteiger charge is 2.65. The van der Waals surface area contributed by atoms with Crippen LogP contribution >= 0.6 is 0 Å². The Bertz CT molecular complexity index is 1290. The molecule has 2 saturated heterocycles. The van der Waals surface area contributed by atoms with Crippen LogP contribution < -0.4 is 0 Å². The quantitative estimate of drug-likeness (QED) is 0.170. The normalized spacial score (nSPS) is 52.5. The van der Waals surface area contributed by atoms with Crippen molar-refractivity contribution in [2.75, 3.05) is 0 Å². The number of ether oxygens (including phenoxy) is 4. The molecule has 0 aromatic heterocycles. The average Bonchev–Trinajstić information content (AvgIpc) is 3.38. The van der Waals surface area contributed by atoms with Gasteiger partial charge in [0.1, 0.15) is 36.6 Å². The van der Waals surface area contributed by atoms with Crippen molar-refractivity contribution in [3.63, 3.8) is 0 Å².